The minimum Gasteiger partial charge on any atom is -0.361 e. The lowest BCUT2D eigenvalue weighted by molar-refractivity contribution is -0.117. The van der Waals surface area contributed by atoms with Gasteiger partial charge in [-0.2, -0.15) is 0 Å². The monoisotopic (exact) mass is 390 g/mol. The number of rotatable bonds is 3. The highest BCUT2D eigenvalue weighted by molar-refractivity contribution is 14.1. The van der Waals surface area contributed by atoms with E-state index in [1.807, 2.05) is 61.8 Å². The molecule has 3 nitrogen and oxygen atoms in total. The first-order chi connectivity index (χ1) is 10.2. The van der Waals surface area contributed by atoms with Crippen molar-refractivity contribution in [3.05, 3.63) is 63.9 Å². The Morgan fingerprint density at radius 2 is 1.86 bits per heavy atom. The topological polar surface area (TPSA) is 36.1 Å². The highest BCUT2D eigenvalue weighted by Gasteiger charge is 2.15. The van der Waals surface area contributed by atoms with Crippen LogP contribution in [-0.2, 0) is 11.2 Å². The minimum absolute atomic E-state index is 0.0869. The lowest BCUT2D eigenvalue weighted by Gasteiger charge is -2.18. The molecule has 0 fully saturated rings. The number of halogens is 1. The number of para-hydroxylation sites is 2. The average Bonchev–Trinajstić information content (AvgIpc) is 2.90. The second kappa shape index (κ2) is 5.89. The Labute approximate surface area is 137 Å². The molecular weight excluding hydrogens is 375 g/mol. The smallest absolute Gasteiger partial charge is 0.231 e. The second-order valence-corrected chi connectivity index (χ2v) is 6.10. The van der Waals surface area contributed by atoms with E-state index in [0.717, 1.165) is 25.7 Å². The van der Waals surface area contributed by atoms with E-state index >= 15 is 0 Å². The van der Waals surface area contributed by atoms with Crippen LogP contribution in [0.15, 0.2) is 54.7 Å². The summed E-state index contributed by atoms with van der Waals surface area (Å²) in [5, 5.41) is 1.11. The Morgan fingerprint density at radius 1 is 1.14 bits per heavy atom. The molecule has 1 aromatic heterocycles. The van der Waals surface area contributed by atoms with Crippen molar-refractivity contribution < 1.29 is 4.79 Å². The molecule has 1 N–H and O–H groups in total. The molecular formula is C17H15IN2O. The summed E-state index contributed by atoms with van der Waals surface area (Å²) in [4.78, 5) is 17.5. The molecule has 3 rings (SSSR count). The van der Waals surface area contributed by atoms with Crippen molar-refractivity contribution >= 4 is 45.1 Å². The Morgan fingerprint density at radius 3 is 2.67 bits per heavy atom. The number of hydrogen-bond donors (Lipinski definition) is 1. The molecule has 0 aliphatic rings. The zero-order chi connectivity index (χ0) is 14.8. The zero-order valence-corrected chi connectivity index (χ0v) is 13.8. The number of H-pyrrole nitrogens is 1. The molecule has 0 aliphatic heterocycles. The van der Waals surface area contributed by atoms with Crippen LogP contribution in [0.4, 0.5) is 5.69 Å². The van der Waals surface area contributed by atoms with Crippen molar-refractivity contribution in [1.29, 1.82) is 0 Å². The zero-order valence-electron chi connectivity index (χ0n) is 11.6. The Hall–Kier alpha value is -1.82. The van der Waals surface area contributed by atoms with Crippen molar-refractivity contribution in [2.45, 2.75) is 6.42 Å². The quantitative estimate of drug-likeness (QED) is 0.675. The van der Waals surface area contributed by atoms with Crippen LogP contribution in [0.3, 0.4) is 0 Å². The van der Waals surface area contributed by atoms with Crippen LogP contribution in [-0.4, -0.2) is 17.9 Å². The van der Waals surface area contributed by atoms with Crippen molar-refractivity contribution in [3.8, 4) is 0 Å². The molecule has 0 bridgehead atoms. The molecule has 2 aromatic carbocycles. The summed E-state index contributed by atoms with van der Waals surface area (Å²) in [5.74, 6) is 0.0869. The Kier molecular flexibility index (Phi) is 3.96. The van der Waals surface area contributed by atoms with Gasteiger partial charge in [0.2, 0.25) is 5.91 Å². The van der Waals surface area contributed by atoms with E-state index in [1.165, 1.54) is 0 Å². The Balaban J connectivity index is 1.85. The van der Waals surface area contributed by atoms with E-state index in [-0.39, 0.29) is 5.91 Å². The van der Waals surface area contributed by atoms with Gasteiger partial charge in [0.15, 0.2) is 0 Å². The summed E-state index contributed by atoms with van der Waals surface area (Å²) in [6.45, 7) is 0. The van der Waals surface area contributed by atoms with Crippen LogP contribution in [0.1, 0.15) is 5.56 Å². The van der Waals surface area contributed by atoms with Gasteiger partial charge in [-0.15, -0.1) is 0 Å². The number of aromatic nitrogens is 1. The van der Waals surface area contributed by atoms with E-state index in [0.29, 0.717) is 6.42 Å². The number of amides is 1. The van der Waals surface area contributed by atoms with Gasteiger partial charge in [-0.3, -0.25) is 4.79 Å². The number of anilines is 1. The highest BCUT2D eigenvalue weighted by Crippen LogP contribution is 2.23. The molecule has 0 spiro atoms. The fourth-order valence-corrected chi connectivity index (χ4v) is 3.17. The van der Waals surface area contributed by atoms with Gasteiger partial charge >= 0.3 is 0 Å². The predicted molar refractivity (Wildman–Crippen MR) is 94.6 cm³/mol. The predicted octanol–water partition coefficient (Wildman–Crippen LogP) is 3.98. The van der Waals surface area contributed by atoms with Crippen LogP contribution in [0, 0.1) is 3.57 Å². The lowest BCUT2D eigenvalue weighted by atomic mass is 10.1. The molecule has 0 saturated heterocycles. The SMILES string of the molecule is CN(C(=O)Cc1c[nH]c2ccccc12)c1ccccc1I. The second-order valence-electron chi connectivity index (χ2n) is 4.94. The van der Waals surface area contributed by atoms with Crippen LogP contribution < -0.4 is 4.90 Å². The third-order valence-electron chi connectivity index (χ3n) is 3.60. The summed E-state index contributed by atoms with van der Waals surface area (Å²) < 4.78 is 1.07. The summed E-state index contributed by atoms with van der Waals surface area (Å²) in [6, 6.07) is 15.9. The van der Waals surface area contributed by atoms with Gasteiger partial charge < -0.3 is 9.88 Å². The highest BCUT2D eigenvalue weighted by atomic mass is 127. The van der Waals surface area contributed by atoms with E-state index < -0.39 is 0 Å². The molecule has 21 heavy (non-hydrogen) atoms. The number of nitrogens with one attached hydrogen (secondary N) is 1. The third-order valence-corrected chi connectivity index (χ3v) is 4.52. The van der Waals surface area contributed by atoms with Crippen molar-refractivity contribution in [2.24, 2.45) is 0 Å². The number of hydrogen-bond acceptors (Lipinski definition) is 1. The van der Waals surface area contributed by atoms with Crippen LogP contribution in [0.2, 0.25) is 0 Å². The first-order valence-electron chi connectivity index (χ1n) is 6.73. The van der Waals surface area contributed by atoms with Crippen LogP contribution in [0.25, 0.3) is 10.9 Å². The normalized spacial score (nSPS) is 10.8. The summed E-state index contributed by atoms with van der Waals surface area (Å²) in [7, 11) is 1.83. The first-order valence-corrected chi connectivity index (χ1v) is 7.81. The number of carbonyl (C=O) groups excluding carboxylic acids is 1. The van der Waals surface area contributed by atoms with Gasteiger partial charge in [0.1, 0.15) is 0 Å². The van der Waals surface area contributed by atoms with E-state index in [2.05, 4.69) is 27.6 Å². The molecule has 1 amide bonds. The van der Waals surface area contributed by atoms with Gasteiger partial charge in [-0.05, 0) is 46.4 Å². The lowest BCUT2D eigenvalue weighted by Crippen LogP contribution is -2.28. The number of aromatic amines is 1. The molecule has 0 atom stereocenters. The molecule has 106 valence electrons. The van der Waals surface area contributed by atoms with E-state index in [1.54, 1.807) is 4.90 Å². The van der Waals surface area contributed by atoms with Gasteiger partial charge in [0.05, 0.1) is 12.1 Å². The maximum absolute atomic E-state index is 12.5. The summed E-state index contributed by atoms with van der Waals surface area (Å²) in [6.07, 6.45) is 2.32. The van der Waals surface area contributed by atoms with Crippen LogP contribution >= 0.6 is 22.6 Å². The summed E-state index contributed by atoms with van der Waals surface area (Å²) in [5.41, 5.74) is 3.05. The molecule has 4 heteroatoms. The van der Waals surface area contributed by atoms with Gasteiger partial charge in [-0.25, -0.2) is 0 Å². The van der Waals surface area contributed by atoms with E-state index in [4.69, 9.17) is 0 Å². The number of likely N-dealkylation sites (N-methyl/N-ethyl adjacent to an activating group) is 1. The fourth-order valence-electron chi connectivity index (χ4n) is 2.42. The summed E-state index contributed by atoms with van der Waals surface area (Å²) >= 11 is 2.25. The van der Waals surface area contributed by atoms with Crippen LogP contribution in [0.5, 0.6) is 0 Å². The van der Waals surface area contributed by atoms with Gasteiger partial charge in [0.25, 0.3) is 0 Å². The van der Waals surface area contributed by atoms with Gasteiger partial charge in [0, 0.05) is 27.7 Å². The molecule has 0 aliphatic carbocycles. The molecule has 3 aromatic rings. The molecule has 0 radical (unpaired) electrons. The maximum atomic E-state index is 12.5. The number of fused-ring (bicyclic) bond motifs is 1. The minimum atomic E-state index is 0.0869. The van der Waals surface area contributed by atoms with E-state index in [9.17, 15) is 4.79 Å². The number of benzene rings is 2. The maximum Gasteiger partial charge on any atom is 0.231 e. The number of nitrogens with zero attached hydrogens (tertiary/aromatic N) is 1. The van der Waals surface area contributed by atoms with Crippen molar-refractivity contribution in [1.82, 2.24) is 4.98 Å². The average molecular weight is 390 g/mol. The van der Waals surface area contributed by atoms with Crippen molar-refractivity contribution in [3.63, 3.8) is 0 Å². The largest absolute Gasteiger partial charge is 0.361 e. The first kappa shape index (κ1) is 14.1. The molecule has 0 saturated carbocycles. The van der Waals surface area contributed by atoms with Crippen molar-refractivity contribution in [2.75, 3.05) is 11.9 Å². The molecule has 1 heterocycles. The number of carbonyl (C=O) groups is 1. The van der Waals surface area contributed by atoms with Gasteiger partial charge in [-0.1, -0.05) is 30.3 Å². The standard InChI is InChI=1S/C17H15IN2O/c1-20(16-9-5-3-7-14(16)18)17(21)10-12-11-19-15-8-4-2-6-13(12)15/h2-9,11,19H,10H2,1H3. The third kappa shape index (κ3) is 2.81. The fraction of sp³-hybridized carbons (Fsp3) is 0.118. The Bertz CT molecular complexity index is 794. The molecule has 0 unspecified atom stereocenters.